The summed E-state index contributed by atoms with van der Waals surface area (Å²) < 4.78 is 5.71. The first kappa shape index (κ1) is 17.7. The number of hydrogen-bond donors (Lipinski definition) is 0. The Morgan fingerprint density at radius 2 is 2.17 bits per heavy atom. The Labute approximate surface area is 156 Å². The fourth-order valence-electron chi connectivity index (χ4n) is 2.82. The fraction of sp³-hybridized carbons (Fsp3) is 0.389. The molecule has 1 atom stereocenters. The zero-order chi connectivity index (χ0) is 16.9. The number of rotatable bonds is 6. The van der Waals surface area contributed by atoms with Gasteiger partial charge in [0.15, 0.2) is 0 Å². The highest BCUT2D eigenvalue weighted by Crippen LogP contribution is 2.24. The Balaban J connectivity index is 1.70. The fourth-order valence-corrected chi connectivity index (χ4v) is 3.86. The molecule has 1 amide bonds. The Hall–Kier alpha value is -1.07. The van der Waals surface area contributed by atoms with Crippen molar-refractivity contribution in [2.24, 2.45) is 0 Å². The summed E-state index contributed by atoms with van der Waals surface area (Å²) in [4.78, 5) is 15.9. The van der Waals surface area contributed by atoms with E-state index in [9.17, 15) is 4.79 Å². The SMILES string of the molecule is O=C(Cc1ccc(Cl)c(Cl)c1)N(Cc1cccs1)CC1CCCO1. The van der Waals surface area contributed by atoms with E-state index >= 15 is 0 Å². The monoisotopic (exact) mass is 383 g/mol. The second-order valence-corrected chi connectivity index (χ2v) is 7.76. The molecule has 0 bridgehead atoms. The molecule has 24 heavy (non-hydrogen) atoms. The van der Waals surface area contributed by atoms with Gasteiger partial charge in [0, 0.05) is 18.0 Å². The van der Waals surface area contributed by atoms with Gasteiger partial charge in [0.1, 0.15) is 0 Å². The smallest absolute Gasteiger partial charge is 0.227 e. The summed E-state index contributed by atoms with van der Waals surface area (Å²) in [6, 6.07) is 9.40. The maximum atomic E-state index is 12.8. The lowest BCUT2D eigenvalue weighted by Crippen LogP contribution is -2.37. The van der Waals surface area contributed by atoms with Crippen LogP contribution in [0.1, 0.15) is 23.3 Å². The average molecular weight is 384 g/mol. The normalized spacial score (nSPS) is 17.2. The third-order valence-corrected chi connectivity index (χ3v) is 5.67. The number of carbonyl (C=O) groups excluding carboxylic acids is 1. The second-order valence-electron chi connectivity index (χ2n) is 5.91. The van der Waals surface area contributed by atoms with Crippen molar-refractivity contribution in [1.82, 2.24) is 4.90 Å². The molecule has 1 fully saturated rings. The number of thiophene rings is 1. The first-order chi connectivity index (χ1) is 11.6. The van der Waals surface area contributed by atoms with Gasteiger partial charge in [-0.1, -0.05) is 35.3 Å². The van der Waals surface area contributed by atoms with Crippen LogP contribution in [-0.4, -0.2) is 30.1 Å². The van der Waals surface area contributed by atoms with Gasteiger partial charge in [-0.2, -0.15) is 0 Å². The molecule has 0 spiro atoms. The number of benzene rings is 1. The van der Waals surface area contributed by atoms with Crippen molar-refractivity contribution in [2.75, 3.05) is 13.2 Å². The van der Waals surface area contributed by atoms with E-state index in [2.05, 4.69) is 6.07 Å². The van der Waals surface area contributed by atoms with E-state index in [-0.39, 0.29) is 12.0 Å². The highest BCUT2D eigenvalue weighted by Gasteiger charge is 2.23. The minimum Gasteiger partial charge on any atom is -0.376 e. The van der Waals surface area contributed by atoms with E-state index in [0.717, 1.165) is 25.0 Å². The first-order valence-corrected chi connectivity index (χ1v) is 9.61. The van der Waals surface area contributed by atoms with Crippen molar-refractivity contribution in [2.45, 2.75) is 31.9 Å². The van der Waals surface area contributed by atoms with E-state index in [4.69, 9.17) is 27.9 Å². The Morgan fingerprint density at radius 1 is 1.29 bits per heavy atom. The maximum Gasteiger partial charge on any atom is 0.227 e. The zero-order valence-corrected chi connectivity index (χ0v) is 15.5. The van der Waals surface area contributed by atoms with E-state index < -0.39 is 0 Å². The molecule has 0 radical (unpaired) electrons. The number of carbonyl (C=O) groups is 1. The Kier molecular flexibility index (Phi) is 6.17. The molecule has 2 aromatic rings. The van der Waals surface area contributed by atoms with Crippen LogP contribution >= 0.6 is 34.5 Å². The Morgan fingerprint density at radius 3 is 2.83 bits per heavy atom. The lowest BCUT2D eigenvalue weighted by atomic mass is 10.1. The molecule has 6 heteroatoms. The van der Waals surface area contributed by atoms with Crippen molar-refractivity contribution >= 4 is 40.4 Å². The number of hydrogen-bond acceptors (Lipinski definition) is 3. The van der Waals surface area contributed by atoms with E-state index in [0.29, 0.717) is 29.6 Å². The van der Waals surface area contributed by atoms with Crippen LogP contribution in [0.25, 0.3) is 0 Å². The predicted molar refractivity (Wildman–Crippen MR) is 98.9 cm³/mol. The summed E-state index contributed by atoms with van der Waals surface area (Å²) in [6.45, 7) is 2.05. The molecule has 1 aliphatic heterocycles. The summed E-state index contributed by atoms with van der Waals surface area (Å²) in [5.41, 5.74) is 0.873. The van der Waals surface area contributed by atoms with Crippen LogP contribution < -0.4 is 0 Å². The van der Waals surface area contributed by atoms with Crippen LogP contribution in [0.3, 0.4) is 0 Å². The molecule has 1 saturated heterocycles. The van der Waals surface area contributed by atoms with Crippen LogP contribution in [0.4, 0.5) is 0 Å². The lowest BCUT2D eigenvalue weighted by molar-refractivity contribution is -0.132. The first-order valence-electron chi connectivity index (χ1n) is 7.97. The van der Waals surface area contributed by atoms with Crippen molar-refractivity contribution < 1.29 is 9.53 Å². The average Bonchev–Trinajstić information content (AvgIpc) is 3.24. The van der Waals surface area contributed by atoms with Crippen molar-refractivity contribution in [3.05, 3.63) is 56.2 Å². The molecule has 1 aromatic carbocycles. The number of halogens is 2. The molecule has 0 aliphatic carbocycles. The molecule has 128 valence electrons. The van der Waals surface area contributed by atoms with Gasteiger partial charge in [-0.05, 0) is 42.0 Å². The summed E-state index contributed by atoms with van der Waals surface area (Å²) in [5, 5.41) is 3.01. The maximum absolute atomic E-state index is 12.8. The highest BCUT2D eigenvalue weighted by molar-refractivity contribution is 7.09. The van der Waals surface area contributed by atoms with Crippen LogP contribution in [0, 0.1) is 0 Å². The lowest BCUT2D eigenvalue weighted by Gasteiger charge is -2.25. The van der Waals surface area contributed by atoms with E-state index in [1.54, 1.807) is 23.5 Å². The molecule has 1 aromatic heterocycles. The molecule has 2 heterocycles. The summed E-state index contributed by atoms with van der Waals surface area (Å²) in [7, 11) is 0. The number of nitrogens with zero attached hydrogens (tertiary/aromatic N) is 1. The number of amides is 1. The highest BCUT2D eigenvalue weighted by atomic mass is 35.5. The van der Waals surface area contributed by atoms with Crippen LogP contribution in [-0.2, 0) is 22.5 Å². The molecule has 0 N–H and O–H groups in total. The standard InChI is InChI=1S/C18H19Cl2NO2S/c19-16-6-5-13(9-17(16)20)10-18(22)21(11-14-3-1-7-23-14)12-15-4-2-8-24-15/h2,4-6,8-9,14H,1,3,7,10-12H2. The van der Waals surface area contributed by atoms with Gasteiger partial charge < -0.3 is 9.64 Å². The molecule has 1 aliphatic rings. The summed E-state index contributed by atoms with van der Waals surface area (Å²) in [6.07, 6.45) is 2.54. The minimum absolute atomic E-state index is 0.0808. The third kappa shape index (κ3) is 4.73. The van der Waals surface area contributed by atoms with E-state index in [1.165, 1.54) is 4.88 Å². The predicted octanol–water partition coefficient (Wildman–Crippen LogP) is 4.81. The van der Waals surface area contributed by atoms with Crippen molar-refractivity contribution in [1.29, 1.82) is 0 Å². The van der Waals surface area contributed by atoms with Crippen LogP contribution in [0.2, 0.25) is 10.0 Å². The van der Waals surface area contributed by atoms with Crippen LogP contribution in [0.15, 0.2) is 35.7 Å². The van der Waals surface area contributed by atoms with Gasteiger partial charge in [0.05, 0.1) is 29.1 Å². The van der Waals surface area contributed by atoms with Crippen molar-refractivity contribution in [3.63, 3.8) is 0 Å². The third-order valence-electron chi connectivity index (χ3n) is 4.07. The van der Waals surface area contributed by atoms with Gasteiger partial charge in [-0.25, -0.2) is 0 Å². The Bertz CT molecular complexity index is 684. The molecule has 3 rings (SSSR count). The molecule has 0 saturated carbocycles. The van der Waals surface area contributed by atoms with Gasteiger partial charge in [0.25, 0.3) is 0 Å². The van der Waals surface area contributed by atoms with Gasteiger partial charge in [0.2, 0.25) is 5.91 Å². The quantitative estimate of drug-likeness (QED) is 0.716. The van der Waals surface area contributed by atoms with Gasteiger partial charge in [-0.3, -0.25) is 4.79 Å². The number of ether oxygens (including phenoxy) is 1. The topological polar surface area (TPSA) is 29.5 Å². The minimum atomic E-state index is 0.0808. The summed E-state index contributed by atoms with van der Waals surface area (Å²) in [5.74, 6) is 0.0808. The molecular formula is C18H19Cl2NO2S. The second kappa shape index (κ2) is 8.34. The van der Waals surface area contributed by atoms with Gasteiger partial charge in [-0.15, -0.1) is 11.3 Å². The van der Waals surface area contributed by atoms with Gasteiger partial charge >= 0.3 is 0 Å². The van der Waals surface area contributed by atoms with Crippen molar-refractivity contribution in [3.8, 4) is 0 Å². The largest absolute Gasteiger partial charge is 0.376 e. The molecular weight excluding hydrogens is 365 g/mol. The van der Waals surface area contributed by atoms with E-state index in [1.807, 2.05) is 22.4 Å². The summed E-state index contributed by atoms with van der Waals surface area (Å²) >= 11 is 13.7. The molecule has 3 nitrogen and oxygen atoms in total. The zero-order valence-electron chi connectivity index (χ0n) is 13.2. The van der Waals surface area contributed by atoms with Crippen LogP contribution in [0.5, 0.6) is 0 Å². The molecule has 1 unspecified atom stereocenters.